The molecule has 0 atom stereocenters. The van der Waals surface area contributed by atoms with Crippen LogP contribution in [0.1, 0.15) is 34.1 Å². The van der Waals surface area contributed by atoms with Gasteiger partial charge >= 0.3 is 0 Å². The van der Waals surface area contributed by atoms with E-state index < -0.39 is 0 Å². The Morgan fingerprint density at radius 2 is 2.07 bits per heavy atom. The van der Waals surface area contributed by atoms with Crippen LogP contribution in [0.2, 0.25) is 0 Å². The highest BCUT2D eigenvalue weighted by Crippen LogP contribution is 2.30. The molecule has 0 spiro atoms. The number of aromatic nitrogens is 1. The Labute approximate surface area is 158 Å². The normalized spacial score (nSPS) is 14.1. The molecule has 3 aromatic rings. The minimum absolute atomic E-state index is 0.0661. The Hall–Kier alpha value is -2.92. The zero-order chi connectivity index (χ0) is 19.0. The van der Waals surface area contributed by atoms with Gasteiger partial charge in [-0.25, -0.2) is 0 Å². The van der Waals surface area contributed by atoms with E-state index in [2.05, 4.69) is 17.1 Å². The average Bonchev–Trinajstić information content (AvgIpc) is 2.68. The van der Waals surface area contributed by atoms with Gasteiger partial charge in [0.05, 0.1) is 16.8 Å². The maximum absolute atomic E-state index is 13.3. The van der Waals surface area contributed by atoms with Crippen LogP contribution in [-0.4, -0.2) is 34.0 Å². The maximum atomic E-state index is 13.3. The fourth-order valence-corrected chi connectivity index (χ4v) is 3.71. The lowest BCUT2D eigenvalue weighted by atomic mass is 9.95. The number of hydrogen-bond donors (Lipinski definition) is 2. The molecule has 0 saturated carbocycles. The summed E-state index contributed by atoms with van der Waals surface area (Å²) >= 11 is 0. The number of nitrogens with zero attached hydrogens (tertiary/aromatic N) is 2. The van der Waals surface area contributed by atoms with Crippen molar-refractivity contribution in [2.24, 2.45) is 0 Å². The van der Waals surface area contributed by atoms with Crippen LogP contribution in [0.15, 0.2) is 42.5 Å². The van der Waals surface area contributed by atoms with Crippen molar-refractivity contribution in [1.82, 2.24) is 9.88 Å². The van der Waals surface area contributed by atoms with Crippen LogP contribution in [0, 0.1) is 6.92 Å². The molecule has 0 unspecified atom stereocenters. The summed E-state index contributed by atoms with van der Waals surface area (Å²) in [4.78, 5) is 20.4. The molecule has 1 amide bonds. The number of anilines is 1. The van der Waals surface area contributed by atoms with Gasteiger partial charge in [-0.2, -0.15) is 0 Å². The summed E-state index contributed by atoms with van der Waals surface area (Å²) in [6.07, 6.45) is 0.837. The first-order valence-corrected chi connectivity index (χ1v) is 9.30. The monoisotopic (exact) mass is 361 g/mol. The second kappa shape index (κ2) is 7.00. The number of fused-ring (bicyclic) bond motifs is 2. The van der Waals surface area contributed by atoms with Crippen LogP contribution in [0.3, 0.4) is 0 Å². The number of rotatable bonds is 3. The largest absolute Gasteiger partial charge is 0.506 e. The van der Waals surface area contributed by atoms with Crippen LogP contribution in [0.5, 0.6) is 5.75 Å². The smallest absolute Gasteiger partial charge is 0.256 e. The maximum Gasteiger partial charge on any atom is 0.256 e. The zero-order valence-corrected chi connectivity index (χ0v) is 15.6. The molecule has 1 aromatic heterocycles. The number of pyridine rings is 1. The van der Waals surface area contributed by atoms with E-state index in [1.165, 1.54) is 0 Å². The van der Waals surface area contributed by atoms with Gasteiger partial charge in [0, 0.05) is 36.2 Å². The minimum Gasteiger partial charge on any atom is -0.506 e. The molecular weight excluding hydrogens is 338 g/mol. The van der Waals surface area contributed by atoms with E-state index in [1.54, 1.807) is 12.1 Å². The summed E-state index contributed by atoms with van der Waals surface area (Å²) < 4.78 is 0. The molecule has 4 rings (SSSR count). The fourth-order valence-electron chi connectivity index (χ4n) is 3.71. The van der Waals surface area contributed by atoms with E-state index in [9.17, 15) is 9.90 Å². The first-order chi connectivity index (χ1) is 13.1. The second-order valence-electron chi connectivity index (χ2n) is 7.02. The number of likely N-dealkylation sites (N-methyl/N-ethyl adjacent to an activating group) is 1. The highest BCUT2D eigenvalue weighted by Gasteiger charge is 2.25. The number of carbonyl (C=O) groups is 1. The minimum atomic E-state index is -0.205. The number of phenols is 1. The van der Waals surface area contributed by atoms with E-state index in [4.69, 9.17) is 4.98 Å². The number of benzene rings is 2. The molecule has 0 saturated heterocycles. The van der Waals surface area contributed by atoms with Crippen molar-refractivity contribution in [3.05, 3.63) is 64.8 Å². The SMILES string of the molecule is CCN1CCc2nc3ccccc3c(C(=O)Nc3cc(C)ccc3O)c2C1. The number of aryl methyl sites for hydroxylation is 1. The van der Waals surface area contributed by atoms with Gasteiger partial charge in [-0.15, -0.1) is 0 Å². The molecule has 1 aliphatic rings. The van der Waals surface area contributed by atoms with Gasteiger partial charge in [-0.05, 0) is 37.2 Å². The van der Waals surface area contributed by atoms with Crippen LogP contribution in [-0.2, 0) is 13.0 Å². The Morgan fingerprint density at radius 3 is 2.89 bits per heavy atom. The summed E-state index contributed by atoms with van der Waals surface area (Å²) in [5.41, 5.74) is 4.89. The van der Waals surface area contributed by atoms with Gasteiger partial charge in [0.2, 0.25) is 0 Å². The summed E-state index contributed by atoms with van der Waals surface area (Å²) in [6, 6.07) is 13.0. The first kappa shape index (κ1) is 17.5. The Morgan fingerprint density at radius 1 is 1.26 bits per heavy atom. The van der Waals surface area contributed by atoms with Crippen molar-refractivity contribution in [2.45, 2.75) is 26.8 Å². The predicted octanol–water partition coefficient (Wildman–Crippen LogP) is 3.88. The highest BCUT2D eigenvalue weighted by molar-refractivity contribution is 6.14. The third-order valence-electron chi connectivity index (χ3n) is 5.20. The van der Waals surface area contributed by atoms with E-state index in [1.807, 2.05) is 37.3 Å². The number of carbonyl (C=O) groups excluding carboxylic acids is 1. The third kappa shape index (κ3) is 3.26. The molecule has 2 heterocycles. The van der Waals surface area contributed by atoms with Crippen molar-refractivity contribution in [3.63, 3.8) is 0 Å². The average molecular weight is 361 g/mol. The number of aromatic hydroxyl groups is 1. The van der Waals surface area contributed by atoms with Crippen LogP contribution in [0.4, 0.5) is 5.69 Å². The Kier molecular flexibility index (Phi) is 4.54. The molecular formula is C22H23N3O2. The second-order valence-corrected chi connectivity index (χ2v) is 7.02. The number of phenolic OH excluding ortho intramolecular Hbond substituents is 1. The molecule has 0 radical (unpaired) electrons. The molecule has 27 heavy (non-hydrogen) atoms. The molecule has 0 bridgehead atoms. The quantitative estimate of drug-likeness (QED) is 0.695. The number of hydrogen-bond acceptors (Lipinski definition) is 4. The first-order valence-electron chi connectivity index (χ1n) is 9.30. The van der Waals surface area contributed by atoms with Gasteiger partial charge < -0.3 is 10.4 Å². The topological polar surface area (TPSA) is 65.5 Å². The standard InChI is InChI=1S/C22H23N3O2/c1-3-25-11-10-18-16(13-25)21(15-6-4-5-7-17(15)23-18)22(27)24-19-12-14(2)8-9-20(19)26/h4-9,12,26H,3,10-11,13H2,1-2H3,(H,24,27). The molecule has 5 heteroatoms. The predicted molar refractivity (Wildman–Crippen MR) is 107 cm³/mol. The molecule has 138 valence electrons. The van der Waals surface area contributed by atoms with Crippen molar-refractivity contribution >= 4 is 22.5 Å². The molecule has 2 N–H and O–H groups in total. The van der Waals surface area contributed by atoms with Crippen LogP contribution >= 0.6 is 0 Å². The van der Waals surface area contributed by atoms with Gasteiger partial charge in [-0.1, -0.05) is 31.2 Å². The molecule has 0 aliphatic carbocycles. The molecule has 2 aromatic carbocycles. The Bertz CT molecular complexity index is 1030. The van der Waals surface area contributed by atoms with E-state index in [0.717, 1.165) is 47.2 Å². The highest BCUT2D eigenvalue weighted by atomic mass is 16.3. The number of nitrogens with one attached hydrogen (secondary N) is 1. The number of para-hydroxylation sites is 1. The van der Waals surface area contributed by atoms with Gasteiger partial charge in [0.1, 0.15) is 5.75 Å². The lowest BCUT2D eigenvalue weighted by Gasteiger charge is -2.29. The van der Waals surface area contributed by atoms with Gasteiger partial charge in [-0.3, -0.25) is 14.7 Å². The summed E-state index contributed by atoms with van der Waals surface area (Å²) in [5, 5.41) is 13.9. The van der Waals surface area contributed by atoms with Crippen molar-refractivity contribution < 1.29 is 9.90 Å². The fraction of sp³-hybridized carbons (Fsp3) is 0.273. The van der Waals surface area contributed by atoms with Gasteiger partial charge in [0.25, 0.3) is 5.91 Å². The van der Waals surface area contributed by atoms with Crippen LogP contribution in [0.25, 0.3) is 10.9 Å². The molecule has 5 nitrogen and oxygen atoms in total. The van der Waals surface area contributed by atoms with Crippen molar-refractivity contribution in [2.75, 3.05) is 18.4 Å². The number of amides is 1. The van der Waals surface area contributed by atoms with Crippen LogP contribution < -0.4 is 5.32 Å². The Balaban J connectivity index is 1.84. The lowest BCUT2D eigenvalue weighted by molar-refractivity contribution is 0.102. The van der Waals surface area contributed by atoms with Gasteiger partial charge in [0.15, 0.2) is 0 Å². The zero-order valence-electron chi connectivity index (χ0n) is 15.6. The van der Waals surface area contributed by atoms with E-state index in [-0.39, 0.29) is 11.7 Å². The van der Waals surface area contributed by atoms with E-state index >= 15 is 0 Å². The summed E-state index contributed by atoms with van der Waals surface area (Å²) in [7, 11) is 0. The van der Waals surface area contributed by atoms with E-state index in [0.29, 0.717) is 17.8 Å². The van der Waals surface area contributed by atoms with Crippen molar-refractivity contribution in [3.8, 4) is 5.75 Å². The summed E-state index contributed by atoms with van der Waals surface area (Å²) in [5.74, 6) is -0.139. The molecule has 0 fully saturated rings. The van der Waals surface area contributed by atoms with Crippen molar-refractivity contribution in [1.29, 1.82) is 0 Å². The molecule has 1 aliphatic heterocycles. The third-order valence-corrected chi connectivity index (χ3v) is 5.20. The lowest BCUT2D eigenvalue weighted by Crippen LogP contribution is -2.33. The summed E-state index contributed by atoms with van der Waals surface area (Å²) in [6.45, 7) is 6.66.